The summed E-state index contributed by atoms with van der Waals surface area (Å²) in [5.74, 6) is -0.455. The van der Waals surface area contributed by atoms with Crippen LogP contribution in [0.3, 0.4) is 0 Å². The second-order valence-corrected chi connectivity index (χ2v) is 8.77. The van der Waals surface area contributed by atoms with Gasteiger partial charge >= 0.3 is 12.4 Å². The highest BCUT2D eigenvalue weighted by Gasteiger charge is 2.44. The van der Waals surface area contributed by atoms with Gasteiger partial charge in [0.25, 0.3) is 5.91 Å². The Kier molecular flexibility index (Phi) is 6.25. The van der Waals surface area contributed by atoms with E-state index in [9.17, 15) is 36.2 Å². The lowest BCUT2D eigenvalue weighted by atomic mass is 10.1. The van der Waals surface area contributed by atoms with Crippen molar-refractivity contribution in [1.82, 2.24) is 14.5 Å². The second-order valence-electron chi connectivity index (χ2n) is 8.77. The van der Waals surface area contributed by atoms with Crippen LogP contribution in [0, 0.1) is 0 Å². The zero-order chi connectivity index (χ0) is 27.2. The molecule has 7 nitrogen and oxygen atoms in total. The largest absolute Gasteiger partial charge is 0.433 e. The molecule has 0 aliphatic carbocycles. The fourth-order valence-corrected chi connectivity index (χ4v) is 4.32. The summed E-state index contributed by atoms with van der Waals surface area (Å²) in [6, 6.07) is 9.78. The van der Waals surface area contributed by atoms with E-state index in [1.54, 1.807) is 11.0 Å². The van der Waals surface area contributed by atoms with E-state index in [1.165, 1.54) is 42.6 Å². The van der Waals surface area contributed by atoms with E-state index in [-0.39, 0.29) is 16.8 Å². The first-order chi connectivity index (χ1) is 17.9. The molecular weight excluding hydrogens is 516 g/mol. The van der Waals surface area contributed by atoms with Gasteiger partial charge in [-0.1, -0.05) is 30.3 Å². The molecule has 38 heavy (non-hydrogen) atoms. The first kappa shape index (κ1) is 25.5. The van der Waals surface area contributed by atoms with E-state index in [0.29, 0.717) is 29.5 Å². The lowest BCUT2D eigenvalue weighted by Crippen LogP contribution is -2.51. The number of nitrogens with one attached hydrogen (secondary N) is 1. The van der Waals surface area contributed by atoms with Crippen molar-refractivity contribution in [2.75, 3.05) is 23.3 Å². The number of carbonyl (C=O) groups excluding carboxylic acids is 1. The summed E-state index contributed by atoms with van der Waals surface area (Å²) in [5.41, 5.74) is -2.60. The maximum absolute atomic E-state index is 14.4. The number of aliphatic hydroxyl groups is 1. The summed E-state index contributed by atoms with van der Waals surface area (Å²) < 4.78 is 83.8. The second kappa shape index (κ2) is 9.31. The van der Waals surface area contributed by atoms with Gasteiger partial charge in [-0.3, -0.25) is 4.79 Å². The Labute approximate surface area is 211 Å². The fraction of sp³-hybridized carbons (Fsp3) is 0.240. The SMILES string of the molecule is O=C(Nc1ccc(N2CC(O)C2)nc1)c1cc2nc(C(F)(F)F)ccc2n1C(c1ccccc1)C(F)(F)F. The van der Waals surface area contributed by atoms with Gasteiger partial charge < -0.3 is 19.9 Å². The van der Waals surface area contributed by atoms with Crippen LogP contribution in [0.4, 0.5) is 37.8 Å². The van der Waals surface area contributed by atoms with E-state index in [2.05, 4.69) is 15.3 Å². The van der Waals surface area contributed by atoms with Crippen molar-refractivity contribution in [2.24, 2.45) is 0 Å². The summed E-state index contributed by atoms with van der Waals surface area (Å²) in [6.07, 6.45) is -8.91. The molecule has 1 aromatic carbocycles. The third-order valence-corrected chi connectivity index (χ3v) is 6.09. The Morgan fingerprint density at radius 3 is 2.29 bits per heavy atom. The summed E-state index contributed by atoms with van der Waals surface area (Å²) in [7, 11) is 0. The van der Waals surface area contributed by atoms with Crippen molar-refractivity contribution < 1.29 is 36.2 Å². The highest BCUT2D eigenvalue weighted by atomic mass is 19.4. The minimum Gasteiger partial charge on any atom is -0.389 e. The van der Waals surface area contributed by atoms with E-state index in [4.69, 9.17) is 0 Å². The lowest BCUT2D eigenvalue weighted by molar-refractivity contribution is -0.156. The number of aromatic nitrogens is 3. The number of nitrogens with zero attached hydrogens (tertiary/aromatic N) is 4. The van der Waals surface area contributed by atoms with E-state index in [0.717, 1.165) is 12.1 Å². The third-order valence-electron chi connectivity index (χ3n) is 6.09. The number of hydrogen-bond donors (Lipinski definition) is 2. The molecule has 198 valence electrons. The average molecular weight is 535 g/mol. The number of halogens is 6. The van der Waals surface area contributed by atoms with Gasteiger partial charge in [0.2, 0.25) is 0 Å². The molecule has 1 unspecified atom stereocenters. The van der Waals surface area contributed by atoms with Crippen LogP contribution in [-0.2, 0) is 6.18 Å². The molecule has 0 saturated carbocycles. The minimum atomic E-state index is -4.91. The van der Waals surface area contributed by atoms with Crippen molar-refractivity contribution in [2.45, 2.75) is 24.5 Å². The van der Waals surface area contributed by atoms with Crippen LogP contribution in [0.2, 0.25) is 0 Å². The number of anilines is 2. The summed E-state index contributed by atoms with van der Waals surface area (Å²) in [4.78, 5) is 22.7. The van der Waals surface area contributed by atoms with Gasteiger partial charge in [-0.25, -0.2) is 9.97 Å². The van der Waals surface area contributed by atoms with Gasteiger partial charge in [0, 0.05) is 13.1 Å². The summed E-state index contributed by atoms with van der Waals surface area (Å²) in [5, 5.41) is 11.9. The molecule has 0 spiro atoms. The van der Waals surface area contributed by atoms with Gasteiger partial charge in [0.05, 0.1) is 29.0 Å². The molecule has 1 aliphatic rings. The molecule has 1 amide bonds. The monoisotopic (exact) mass is 535 g/mol. The molecule has 13 heteroatoms. The van der Waals surface area contributed by atoms with Crippen LogP contribution in [-0.4, -0.2) is 50.9 Å². The van der Waals surface area contributed by atoms with Gasteiger partial charge in [-0.2, -0.15) is 26.3 Å². The van der Waals surface area contributed by atoms with Gasteiger partial charge in [0.1, 0.15) is 17.2 Å². The predicted molar refractivity (Wildman–Crippen MR) is 126 cm³/mol. The molecule has 0 radical (unpaired) electrons. The molecule has 2 N–H and O–H groups in total. The Morgan fingerprint density at radius 1 is 1.00 bits per heavy atom. The zero-order valence-electron chi connectivity index (χ0n) is 19.3. The fourth-order valence-electron chi connectivity index (χ4n) is 4.32. The van der Waals surface area contributed by atoms with E-state index < -0.39 is 47.3 Å². The van der Waals surface area contributed by atoms with Crippen molar-refractivity contribution >= 4 is 28.4 Å². The number of benzene rings is 1. The maximum atomic E-state index is 14.4. The lowest BCUT2D eigenvalue weighted by Gasteiger charge is -2.36. The van der Waals surface area contributed by atoms with Crippen LogP contribution >= 0.6 is 0 Å². The molecule has 0 bridgehead atoms. The molecular formula is C25H19F6N5O2. The minimum absolute atomic E-state index is 0.156. The topological polar surface area (TPSA) is 83.3 Å². The van der Waals surface area contributed by atoms with Gasteiger partial charge in [0.15, 0.2) is 6.04 Å². The molecule has 4 aromatic rings. The Morgan fingerprint density at radius 2 is 1.71 bits per heavy atom. The average Bonchev–Trinajstić information content (AvgIpc) is 3.20. The van der Waals surface area contributed by atoms with Crippen molar-refractivity contribution in [3.05, 3.63) is 83.8 Å². The Hall–Kier alpha value is -4.13. The van der Waals surface area contributed by atoms with Crippen molar-refractivity contribution in [3.8, 4) is 0 Å². The van der Waals surface area contributed by atoms with Crippen LogP contribution < -0.4 is 10.2 Å². The predicted octanol–water partition coefficient (Wildman–Crippen LogP) is 5.04. The van der Waals surface area contributed by atoms with Crippen LogP contribution in [0.5, 0.6) is 0 Å². The molecule has 1 saturated heterocycles. The first-order valence-electron chi connectivity index (χ1n) is 11.3. The number of amides is 1. The van der Waals surface area contributed by atoms with Crippen molar-refractivity contribution in [3.63, 3.8) is 0 Å². The quantitative estimate of drug-likeness (QED) is 0.350. The first-order valence-corrected chi connectivity index (χ1v) is 11.3. The number of aliphatic hydroxyl groups excluding tert-OH is 1. The van der Waals surface area contributed by atoms with Gasteiger partial charge in [-0.05, 0) is 35.9 Å². The molecule has 1 fully saturated rings. The van der Waals surface area contributed by atoms with Crippen LogP contribution in [0.15, 0.2) is 66.9 Å². The standard InChI is InChI=1S/C25H19F6N5O2/c26-24(27,28)20-8-7-18-17(34-20)10-19(36(18)22(25(29,30)31)14-4-2-1-3-5-14)23(38)33-15-6-9-21(32-11-15)35-12-16(37)13-35/h1-11,16,22,37H,12-13H2,(H,33,38). The summed E-state index contributed by atoms with van der Waals surface area (Å²) in [6.45, 7) is 0.786. The smallest absolute Gasteiger partial charge is 0.389 e. The van der Waals surface area contributed by atoms with E-state index >= 15 is 0 Å². The molecule has 4 heterocycles. The number of pyridine rings is 2. The van der Waals surface area contributed by atoms with Crippen LogP contribution in [0.1, 0.15) is 27.8 Å². The molecule has 1 aliphatic heterocycles. The van der Waals surface area contributed by atoms with Crippen LogP contribution in [0.25, 0.3) is 11.0 Å². The number of rotatable bonds is 5. The number of carbonyl (C=O) groups is 1. The highest BCUT2D eigenvalue weighted by Crippen LogP contribution is 2.40. The number of fused-ring (bicyclic) bond motifs is 1. The zero-order valence-corrected chi connectivity index (χ0v) is 19.3. The number of alkyl halides is 6. The number of β-amino-alcohol motifs (C(OH)–C–C–N with tert-alkyl or cyclic N) is 1. The summed E-state index contributed by atoms with van der Waals surface area (Å²) >= 11 is 0. The highest BCUT2D eigenvalue weighted by molar-refractivity contribution is 6.06. The molecule has 1 atom stereocenters. The Balaban J connectivity index is 1.58. The molecule has 3 aromatic heterocycles. The van der Waals surface area contributed by atoms with Crippen molar-refractivity contribution in [1.29, 1.82) is 0 Å². The molecule has 5 rings (SSSR count). The maximum Gasteiger partial charge on any atom is 0.433 e. The number of hydrogen-bond acceptors (Lipinski definition) is 5. The van der Waals surface area contributed by atoms with E-state index in [1.807, 2.05) is 0 Å². The normalized spacial score (nSPS) is 15.4. The third kappa shape index (κ3) is 4.88. The Bertz CT molecular complexity index is 1460. The van der Waals surface area contributed by atoms with Gasteiger partial charge in [-0.15, -0.1) is 0 Å².